The molecule has 2 aliphatic heterocycles. The minimum Gasteiger partial charge on any atom is -0.497 e. The van der Waals surface area contributed by atoms with Crippen LogP contribution < -0.4 is 10.6 Å². The lowest BCUT2D eigenvalue weighted by molar-refractivity contribution is 0.0519. The average molecular weight is 554 g/mol. The van der Waals surface area contributed by atoms with E-state index < -0.39 is 5.91 Å². The van der Waals surface area contributed by atoms with E-state index >= 15 is 0 Å². The molecule has 0 radical (unpaired) electrons. The normalized spacial score (nSPS) is 17.3. The van der Waals surface area contributed by atoms with Crippen molar-refractivity contribution in [1.29, 1.82) is 5.53 Å². The summed E-state index contributed by atoms with van der Waals surface area (Å²) in [6.07, 6.45) is 1.95. The van der Waals surface area contributed by atoms with Crippen LogP contribution in [0.25, 0.3) is 32.9 Å². The Hall–Kier alpha value is -4.28. The van der Waals surface area contributed by atoms with Gasteiger partial charge < -0.3 is 20.4 Å². The number of nitrogens with zero attached hydrogens (tertiary/aromatic N) is 5. The molecule has 212 valence electrons. The number of ether oxygens (including phenoxy) is 1. The van der Waals surface area contributed by atoms with Crippen LogP contribution in [0.2, 0.25) is 0 Å². The number of methoxy groups -OCH3 is 1. The first kappa shape index (κ1) is 26.9. The number of likely N-dealkylation sites (N-methyl/N-ethyl adjacent to an activating group) is 1. The molecule has 0 bridgehead atoms. The lowest BCUT2D eigenvalue weighted by atomic mass is 9.98. The van der Waals surface area contributed by atoms with Crippen LogP contribution in [-0.4, -0.2) is 90.7 Å². The Labute approximate surface area is 238 Å². The van der Waals surface area contributed by atoms with Gasteiger partial charge in [0.25, 0.3) is 11.8 Å². The van der Waals surface area contributed by atoms with Crippen LogP contribution in [-0.2, 0) is 0 Å². The van der Waals surface area contributed by atoms with Gasteiger partial charge in [-0.25, -0.2) is 5.53 Å². The zero-order valence-corrected chi connectivity index (χ0v) is 23.5. The third-order valence-electron chi connectivity index (χ3n) is 8.69. The third-order valence-corrected chi connectivity index (χ3v) is 8.69. The molecule has 2 fully saturated rings. The molecule has 4 aromatic rings. The number of carbonyl (C=O) groups is 2. The quantitative estimate of drug-likeness (QED) is 0.282. The Kier molecular flexibility index (Phi) is 7.19. The van der Waals surface area contributed by atoms with Crippen molar-refractivity contribution in [3.8, 4) is 16.9 Å². The highest BCUT2D eigenvalue weighted by molar-refractivity contribution is 6.18. The molecule has 10 nitrogen and oxygen atoms in total. The van der Waals surface area contributed by atoms with Gasteiger partial charge in [0.05, 0.1) is 23.7 Å². The van der Waals surface area contributed by atoms with Crippen LogP contribution in [0.15, 0.2) is 59.7 Å². The standard InChI is InChI=1S/C31H35N7O3/c1-35-12-14-36(15-13-35)23-8-10-37(11-9-23)31(40)21-6-7-25-26-17-22(20-4-3-5-24(16-20)41-2)18-27(30(39)34-32)29(26)38(33)28(25)19-21/h3-7,16-19,23,32H,8-15,33H2,1-2H3. The Morgan fingerprint density at radius 3 is 2.39 bits per heavy atom. The van der Waals surface area contributed by atoms with Gasteiger partial charge in [-0.3, -0.25) is 19.2 Å². The van der Waals surface area contributed by atoms with E-state index in [-0.39, 0.29) is 11.5 Å². The number of fused-ring (bicyclic) bond motifs is 3. The lowest BCUT2D eigenvalue weighted by Crippen LogP contribution is -2.52. The Balaban J connectivity index is 1.32. The number of rotatable bonds is 5. The van der Waals surface area contributed by atoms with Crippen LogP contribution >= 0.6 is 0 Å². The van der Waals surface area contributed by atoms with Crippen LogP contribution in [0.3, 0.4) is 0 Å². The molecule has 1 aromatic heterocycles. The van der Waals surface area contributed by atoms with Crippen LogP contribution in [0, 0.1) is 5.53 Å². The van der Waals surface area contributed by atoms with E-state index in [1.807, 2.05) is 53.4 Å². The first-order chi connectivity index (χ1) is 19.9. The maximum Gasteiger partial charge on any atom is 0.297 e. The minimum absolute atomic E-state index is 0.0106. The number of likely N-dealkylation sites (tertiary alicyclic amines) is 1. The molecule has 0 atom stereocenters. The van der Waals surface area contributed by atoms with Gasteiger partial charge in [0.15, 0.2) is 0 Å². The van der Waals surface area contributed by atoms with Gasteiger partial charge in [0.1, 0.15) is 5.75 Å². The Morgan fingerprint density at radius 1 is 0.927 bits per heavy atom. The van der Waals surface area contributed by atoms with Crippen LogP contribution in [0.4, 0.5) is 0 Å². The molecule has 2 amide bonds. The predicted octanol–water partition coefficient (Wildman–Crippen LogP) is 4.21. The summed E-state index contributed by atoms with van der Waals surface area (Å²) in [4.78, 5) is 33.2. The van der Waals surface area contributed by atoms with E-state index in [1.54, 1.807) is 13.2 Å². The summed E-state index contributed by atoms with van der Waals surface area (Å²) in [5.41, 5.74) is 11.0. The van der Waals surface area contributed by atoms with Gasteiger partial charge in [0, 0.05) is 61.6 Å². The second-order valence-corrected chi connectivity index (χ2v) is 11.0. The Morgan fingerprint density at radius 2 is 1.68 bits per heavy atom. The number of nitrogen functional groups attached to an aromatic ring is 1. The molecule has 2 aliphatic rings. The van der Waals surface area contributed by atoms with Crippen molar-refractivity contribution in [3.05, 3.63) is 65.7 Å². The van der Waals surface area contributed by atoms with Gasteiger partial charge >= 0.3 is 0 Å². The fourth-order valence-electron chi connectivity index (χ4n) is 6.31. The molecular formula is C31H35N7O3. The molecular weight excluding hydrogens is 518 g/mol. The van der Waals surface area contributed by atoms with Crippen molar-refractivity contribution < 1.29 is 14.3 Å². The Bertz CT molecular complexity index is 1650. The number of aromatic nitrogens is 1. The lowest BCUT2D eigenvalue weighted by Gasteiger charge is -2.42. The van der Waals surface area contributed by atoms with Crippen molar-refractivity contribution in [2.45, 2.75) is 18.9 Å². The first-order valence-corrected chi connectivity index (χ1v) is 14.0. The molecule has 3 aromatic carbocycles. The van der Waals surface area contributed by atoms with Crippen LogP contribution in [0.5, 0.6) is 5.75 Å². The summed E-state index contributed by atoms with van der Waals surface area (Å²) in [5.74, 6) is 6.56. The fourth-order valence-corrected chi connectivity index (χ4v) is 6.31. The number of benzene rings is 3. The molecule has 2 saturated heterocycles. The van der Waals surface area contributed by atoms with Gasteiger partial charge in [-0.1, -0.05) is 18.2 Å². The summed E-state index contributed by atoms with van der Waals surface area (Å²) < 4.78 is 6.82. The van der Waals surface area contributed by atoms with Crippen LogP contribution in [0.1, 0.15) is 33.6 Å². The highest BCUT2D eigenvalue weighted by atomic mass is 16.5. The summed E-state index contributed by atoms with van der Waals surface area (Å²) in [7, 11) is 3.77. The predicted molar refractivity (Wildman–Crippen MR) is 159 cm³/mol. The van der Waals surface area contributed by atoms with Crippen molar-refractivity contribution in [2.75, 3.05) is 59.3 Å². The third kappa shape index (κ3) is 4.93. The monoisotopic (exact) mass is 553 g/mol. The van der Waals surface area contributed by atoms with E-state index in [0.717, 1.165) is 74.0 Å². The highest BCUT2D eigenvalue weighted by Gasteiger charge is 2.29. The molecule has 10 heteroatoms. The summed E-state index contributed by atoms with van der Waals surface area (Å²) in [6, 6.07) is 17.3. The molecule has 3 N–H and O–H groups in total. The summed E-state index contributed by atoms with van der Waals surface area (Å²) in [6.45, 7) is 5.82. The smallest absolute Gasteiger partial charge is 0.297 e. The number of hydrogen-bond acceptors (Lipinski definition) is 7. The average Bonchev–Trinajstić information content (AvgIpc) is 3.31. The van der Waals surface area contributed by atoms with Crippen molar-refractivity contribution in [2.24, 2.45) is 5.11 Å². The molecule has 6 rings (SSSR count). The molecule has 0 saturated carbocycles. The zero-order valence-electron chi connectivity index (χ0n) is 23.5. The van der Waals surface area contributed by atoms with Crippen molar-refractivity contribution >= 4 is 33.6 Å². The van der Waals surface area contributed by atoms with Gasteiger partial charge in [-0.2, -0.15) is 0 Å². The molecule has 0 unspecified atom stereocenters. The van der Waals surface area contributed by atoms with Crippen molar-refractivity contribution in [1.82, 2.24) is 19.4 Å². The van der Waals surface area contributed by atoms with E-state index in [9.17, 15) is 9.59 Å². The summed E-state index contributed by atoms with van der Waals surface area (Å²) in [5, 5.41) is 4.76. The maximum atomic E-state index is 13.6. The highest BCUT2D eigenvalue weighted by Crippen LogP contribution is 2.36. The number of carbonyl (C=O) groups excluding carboxylic acids is 2. The number of nitrogens with two attached hydrogens (primary N) is 1. The van der Waals surface area contributed by atoms with Gasteiger partial charge in [-0.15, -0.1) is 5.11 Å². The first-order valence-electron chi connectivity index (χ1n) is 14.0. The van der Waals surface area contributed by atoms with E-state index in [0.29, 0.717) is 28.4 Å². The molecule has 0 aliphatic carbocycles. The zero-order chi connectivity index (χ0) is 28.7. The van der Waals surface area contributed by atoms with Crippen molar-refractivity contribution in [3.63, 3.8) is 0 Å². The second kappa shape index (κ2) is 10.9. The number of piperidine rings is 1. The fraction of sp³-hybridized carbons (Fsp3) is 0.355. The van der Waals surface area contributed by atoms with E-state index in [4.69, 9.17) is 16.1 Å². The number of hydrogen-bond donors (Lipinski definition) is 2. The van der Waals surface area contributed by atoms with E-state index in [2.05, 4.69) is 22.0 Å². The maximum absolute atomic E-state index is 13.6. The molecule has 0 spiro atoms. The molecule has 3 heterocycles. The minimum atomic E-state index is -0.686. The molecule has 41 heavy (non-hydrogen) atoms. The largest absolute Gasteiger partial charge is 0.497 e. The number of piperazine rings is 1. The number of nitrogens with one attached hydrogen (secondary N) is 1. The number of amides is 2. The summed E-state index contributed by atoms with van der Waals surface area (Å²) >= 11 is 0. The van der Waals surface area contributed by atoms with Gasteiger partial charge in [0.2, 0.25) is 0 Å². The second-order valence-electron chi connectivity index (χ2n) is 11.0. The topological polar surface area (TPSA) is 120 Å². The van der Waals surface area contributed by atoms with E-state index in [1.165, 1.54) is 4.68 Å². The SMILES string of the molecule is COc1cccc(-c2cc(C(=O)N=N)c3c(c2)c2ccc(C(=O)N4CCC(N5CCN(C)CC5)CC4)cc2n3N)c1. The van der Waals surface area contributed by atoms with Gasteiger partial charge in [-0.05, 0) is 67.4 Å².